The Morgan fingerprint density at radius 3 is 1.81 bits per heavy atom. The molecule has 0 bridgehead atoms. The minimum atomic E-state index is -4.67. The molecule has 1 aromatic carbocycles. The molecule has 8 nitrogen and oxygen atoms in total. The topological polar surface area (TPSA) is 147 Å². The minimum Gasteiger partial charge on any atom is -0.508 e. The lowest BCUT2D eigenvalue weighted by atomic mass is 10.1. The smallest absolute Gasteiger partial charge is 0.394 e. The van der Waals surface area contributed by atoms with Crippen LogP contribution in [0.4, 0.5) is 0 Å². The lowest BCUT2D eigenvalue weighted by Gasteiger charge is -2.23. The highest BCUT2D eigenvalue weighted by Gasteiger charge is 2.14. The van der Waals surface area contributed by atoms with Gasteiger partial charge in [-0.3, -0.25) is 9.11 Å². The van der Waals surface area contributed by atoms with Crippen molar-refractivity contribution in [2.45, 2.75) is 32.4 Å². The van der Waals surface area contributed by atoms with Crippen LogP contribution in [0.5, 0.6) is 11.5 Å². The molecule has 0 spiro atoms. The number of phenols is 2. The van der Waals surface area contributed by atoms with Crippen molar-refractivity contribution in [3.05, 3.63) is 23.8 Å². The van der Waals surface area contributed by atoms with Crippen molar-refractivity contribution in [3.8, 4) is 11.5 Å². The van der Waals surface area contributed by atoms with Crippen LogP contribution in [0.1, 0.15) is 32.4 Å². The molecule has 1 atom stereocenters. The number of hydrogen-bond donors (Lipinski definition) is 6. The highest BCUT2D eigenvalue weighted by atomic mass is 32.3. The molecule has 0 saturated heterocycles. The maximum Gasteiger partial charge on any atom is 0.394 e. The molecule has 0 fully saturated rings. The third-order valence-electron chi connectivity index (χ3n) is 2.14. The first-order valence-electron chi connectivity index (χ1n) is 5.94. The Morgan fingerprint density at radius 1 is 1.10 bits per heavy atom. The SMILES string of the molecule is CC(C)(C)NCC(O)c1cc(O)cc(O)c1.O=S(=O)(O)O. The number of phenolic OH excluding ortho intramolecular Hbond substituents is 2. The molecule has 0 radical (unpaired) electrons. The molecule has 1 aromatic rings. The summed E-state index contributed by atoms with van der Waals surface area (Å²) in [7, 11) is -4.67. The van der Waals surface area contributed by atoms with Crippen molar-refractivity contribution in [2.24, 2.45) is 0 Å². The van der Waals surface area contributed by atoms with Crippen molar-refractivity contribution >= 4 is 10.4 Å². The van der Waals surface area contributed by atoms with E-state index < -0.39 is 16.5 Å². The molecule has 0 aromatic heterocycles. The molecule has 0 saturated carbocycles. The van der Waals surface area contributed by atoms with Gasteiger partial charge in [-0.15, -0.1) is 0 Å². The summed E-state index contributed by atoms with van der Waals surface area (Å²) in [5.74, 6) is -0.102. The van der Waals surface area contributed by atoms with E-state index in [0.29, 0.717) is 12.1 Å². The predicted molar refractivity (Wildman–Crippen MR) is 76.7 cm³/mol. The zero-order chi connectivity index (χ0) is 16.8. The first-order chi connectivity index (χ1) is 9.28. The molecule has 21 heavy (non-hydrogen) atoms. The first kappa shape index (κ1) is 19.6. The van der Waals surface area contributed by atoms with Crippen LogP contribution in [0, 0.1) is 0 Å². The standard InChI is InChI=1S/C12H19NO3.H2O4S/c1-12(2,3)13-7-11(16)8-4-9(14)6-10(15)5-8;1-5(2,3)4/h4-6,11,13-16H,7H2,1-3H3;(H2,1,2,3,4). The van der Waals surface area contributed by atoms with Gasteiger partial charge in [0.2, 0.25) is 0 Å². The fraction of sp³-hybridized carbons (Fsp3) is 0.500. The van der Waals surface area contributed by atoms with Crippen molar-refractivity contribution in [2.75, 3.05) is 6.54 Å². The molecule has 1 rings (SSSR count). The largest absolute Gasteiger partial charge is 0.508 e. The van der Waals surface area contributed by atoms with E-state index in [4.69, 9.17) is 17.5 Å². The third-order valence-corrected chi connectivity index (χ3v) is 2.14. The molecule has 6 N–H and O–H groups in total. The summed E-state index contributed by atoms with van der Waals surface area (Å²) in [6.45, 7) is 6.37. The third kappa shape index (κ3) is 12.1. The number of nitrogens with one attached hydrogen (secondary N) is 1. The van der Waals surface area contributed by atoms with Crippen LogP contribution in [0.25, 0.3) is 0 Å². The summed E-state index contributed by atoms with van der Waals surface area (Å²) < 4.78 is 31.6. The minimum absolute atomic E-state index is 0.0511. The molecule has 0 heterocycles. The van der Waals surface area contributed by atoms with Gasteiger partial charge in [-0.1, -0.05) is 0 Å². The Hall–Kier alpha value is -1.39. The number of aliphatic hydroxyl groups excluding tert-OH is 1. The van der Waals surface area contributed by atoms with Gasteiger partial charge in [-0.05, 0) is 38.5 Å². The molecule has 0 aliphatic carbocycles. The Labute approximate surface area is 123 Å². The fourth-order valence-electron chi connectivity index (χ4n) is 1.33. The summed E-state index contributed by atoms with van der Waals surface area (Å²) in [5.41, 5.74) is 0.411. The van der Waals surface area contributed by atoms with E-state index in [1.54, 1.807) is 0 Å². The quantitative estimate of drug-likeness (QED) is 0.449. The molecular weight excluding hydrogens is 302 g/mol. The monoisotopic (exact) mass is 323 g/mol. The van der Waals surface area contributed by atoms with Crippen LogP contribution < -0.4 is 5.32 Å². The lowest BCUT2D eigenvalue weighted by molar-refractivity contribution is 0.162. The van der Waals surface area contributed by atoms with E-state index in [1.165, 1.54) is 18.2 Å². The van der Waals surface area contributed by atoms with E-state index in [0.717, 1.165) is 0 Å². The van der Waals surface area contributed by atoms with E-state index in [9.17, 15) is 15.3 Å². The Kier molecular flexibility index (Phi) is 7.07. The Bertz CT molecular complexity index is 523. The number of aromatic hydroxyl groups is 2. The predicted octanol–water partition coefficient (Wildman–Crippen LogP) is 0.867. The van der Waals surface area contributed by atoms with Crippen LogP contribution >= 0.6 is 0 Å². The Balaban J connectivity index is 0.000000690. The lowest BCUT2D eigenvalue weighted by Crippen LogP contribution is -2.38. The van der Waals surface area contributed by atoms with Gasteiger partial charge in [-0.2, -0.15) is 8.42 Å². The second-order valence-electron chi connectivity index (χ2n) is 5.38. The van der Waals surface area contributed by atoms with Gasteiger partial charge in [0, 0.05) is 18.2 Å². The van der Waals surface area contributed by atoms with E-state index >= 15 is 0 Å². The number of aliphatic hydroxyl groups is 1. The van der Waals surface area contributed by atoms with Gasteiger partial charge in [0.25, 0.3) is 0 Å². The van der Waals surface area contributed by atoms with Gasteiger partial charge < -0.3 is 20.6 Å². The molecular formula is C12H21NO7S. The number of hydrogen-bond acceptors (Lipinski definition) is 6. The summed E-state index contributed by atoms with van der Waals surface area (Å²) in [6.07, 6.45) is -0.753. The number of benzene rings is 1. The maximum atomic E-state index is 9.85. The van der Waals surface area contributed by atoms with Crippen LogP contribution in [0.2, 0.25) is 0 Å². The van der Waals surface area contributed by atoms with Crippen molar-refractivity contribution in [1.82, 2.24) is 5.32 Å². The zero-order valence-corrected chi connectivity index (χ0v) is 12.8. The average molecular weight is 323 g/mol. The molecule has 0 aliphatic heterocycles. The molecule has 0 amide bonds. The highest BCUT2D eigenvalue weighted by Crippen LogP contribution is 2.24. The molecule has 1 unspecified atom stereocenters. The van der Waals surface area contributed by atoms with Crippen LogP contribution in [-0.2, 0) is 10.4 Å². The average Bonchev–Trinajstić information content (AvgIpc) is 2.21. The number of β-amino-alcohol motifs (C(OH)–C–C–N with tert-alkyl or cyclic N) is 1. The van der Waals surface area contributed by atoms with Crippen molar-refractivity contribution < 1.29 is 32.8 Å². The highest BCUT2D eigenvalue weighted by molar-refractivity contribution is 7.79. The van der Waals surface area contributed by atoms with Crippen molar-refractivity contribution in [1.29, 1.82) is 0 Å². The van der Waals surface area contributed by atoms with Crippen LogP contribution in [-0.4, -0.2) is 44.9 Å². The fourth-order valence-corrected chi connectivity index (χ4v) is 1.33. The summed E-state index contributed by atoms with van der Waals surface area (Å²) >= 11 is 0. The van der Waals surface area contributed by atoms with E-state index in [-0.39, 0.29) is 17.0 Å². The molecule has 122 valence electrons. The Morgan fingerprint density at radius 2 is 1.48 bits per heavy atom. The second kappa shape index (κ2) is 7.57. The van der Waals surface area contributed by atoms with Gasteiger partial charge in [0.05, 0.1) is 6.10 Å². The first-order valence-corrected chi connectivity index (χ1v) is 7.33. The molecule has 9 heteroatoms. The number of rotatable bonds is 3. The van der Waals surface area contributed by atoms with Crippen LogP contribution in [0.3, 0.4) is 0 Å². The van der Waals surface area contributed by atoms with Crippen LogP contribution in [0.15, 0.2) is 18.2 Å². The van der Waals surface area contributed by atoms with E-state index in [1.807, 2.05) is 20.8 Å². The maximum absolute atomic E-state index is 9.85. The summed E-state index contributed by atoms with van der Waals surface area (Å²) in [4.78, 5) is 0. The molecule has 0 aliphatic rings. The summed E-state index contributed by atoms with van der Waals surface area (Å²) in [6, 6.07) is 4.11. The van der Waals surface area contributed by atoms with Gasteiger partial charge in [0.15, 0.2) is 0 Å². The van der Waals surface area contributed by atoms with Gasteiger partial charge >= 0.3 is 10.4 Å². The van der Waals surface area contributed by atoms with E-state index in [2.05, 4.69) is 5.32 Å². The second-order valence-corrected chi connectivity index (χ2v) is 6.27. The summed E-state index contributed by atoms with van der Waals surface area (Å²) in [5, 5.41) is 31.6. The zero-order valence-electron chi connectivity index (χ0n) is 12.0. The van der Waals surface area contributed by atoms with Gasteiger partial charge in [0.1, 0.15) is 11.5 Å². The normalized spacial score (nSPS) is 13.2. The van der Waals surface area contributed by atoms with Gasteiger partial charge in [-0.25, -0.2) is 0 Å². The van der Waals surface area contributed by atoms with Crippen molar-refractivity contribution in [3.63, 3.8) is 0 Å².